The molecule has 0 N–H and O–H groups in total. The van der Waals surface area contributed by atoms with E-state index in [4.69, 9.17) is 0 Å². The third kappa shape index (κ3) is 3.25. The second-order valence-electron chi connectivity index (χ2n) is 4.79. The minimum atomic E-state index is 0.226. The van der Waals surface area contributed by atoms with Gasteiger partial charge in [0.05, 0.1) is 6.42 Å². The fraction of sp³-hybridized carbons (Fsp3) is 0.500. The van der Waals surface area contributed by atoms with Crippen molar-refractivity contribution in [2.45, 2.75) is 43.0 Å². The third-order valence-electron chi connectivity index (χ3n) is 3.56. The van der Waals surface area contributed by atoms with E-state index in [0.717, 1.165) is 23.3 Å². The third-order valence-corrected chi connectivity index (χ3v) is 3.86. The maximum Gasteiger partial charge on any atom is 0.226 e. The maximum absolute atomic E-state index is 12.1. The normalized spacial score (nSPS) is 16.1. The first-order valence-electron chi connectivity index (χ1n) is 6.20. The lowest BCUT2D eigenvalue weighted by Gasteiger charge is -2.24. The molecule has 0 aromatic heterocycles. The van der Waals surface area contributed by atoms with Crippen LogP contribution in [0.25, 0.3) is 0 Å². The van der Waals surface area contributed by atoms with Gasteiger partial charge >= 0.3 is 0 Å². The van der Waals surface area contributed by atoms with Gasteiger partial charge in [-0.1, -0.05) is 25.0 Å². The fourth-order valence-corrected chi connectivity index (χ4v) is 2.56. The standard InChI is InChI=1S/C14H19NOS/c1-15(12-4-2-3-5-12)14(16)10-11-6-8-13(17)9-7-11/h6-9,12,17H,2-5,10H2,1H3. The molecule has 1 aliphatic rings. The second-order valence-corrected chi connectivity index (χ2v) is 5.30. The topological polar surface area (TPSA) is 20.3 Å². The van der Waals surface area contributed by atoms with Gasteiger partial charge in [-0.2, -0.15) is 0 Å². The highest BCUT2D eigenvalue weighted by Gasteiger charge is 2.23. The number of benzene rings is 1. The average Bonchev–Trinajstić information content (AvgIpc) is 2.84. The van der Waals surface area contributed by atoms with Gasteiger partial charge in [0, 0.05) is 18.0 Å². The first-order chi connectivity index (χ1) is 8.16. The summed E-state index contributed by atoms with van der Waals surface area (Å²) in [7, 11) is 1.94. The lowest BCUT2D eigenvalue weighted by molar-refractivity contribution is -0.131. The van der Waals surface area contributed by atoms with E-state index >= 15 is 0 Å². The molecule has 1 amide bonds. The molecule has 0 unspecified atom stereocenters. The number of nitrogens with zero attached hydrogens (tertiary/aromatic N) is 1. The van der Waals surface area contributed by atoms with Crippen LogP contribution in [-0.2, 0) is 11.2 Å². The predicted octanol–water partition coefficient (Wildman–Crippen LogP) is 2.92. The van der Waals surface area contributed by atoms with Gasteiger partial charge in [0.1, 0.15) is 0 Å². The van der Waals surface area contributed by atoms with Gasteiger partial charge in [0.2, 0.25) is 5.91 Å². The van der Waals surface area contributed by atoms with Crippen LogP contribution < -0.4 is 0 Å². The monoisotopic (exact) mass is 249 g/mol. The first kappa shape index (κ1) is 12.5. The molecule has 1 aliphatic carbocycles. The molecule has 1 aromatic rings. The smallest absolute Gasteiger partial charge is 0.226 e. The summed E-state index contributed by atoms with van der Waals surface area (Å²) in [5.41, 5.74) is 1.07. The molecule has 1 aromatic carbocycles. The van der Waals surface area contributed by atoms with Crippen molar-refractivity contribution in [3.05, 3.63) is 29.8 Å². The Balaban J connectivity index is 1.93. The van der Waals surface area contributed by atoms with Crippen molar-refractivity contribution in [2.24, 2.45) is 0 Å². The molecular weight excluding hydrogens is 230 g/mol. The van der Waals surface area contributed by atoms with E-state index in [-0.39, 0.29) is 5.91 Å². The average molecular weight is 249 g/mol. The Hall–Kier alpha value is -0.960. The molecule has 2 rings (SSSR count). The summed E-state index contributed by atoms with van der Waals surface area (Å²) in [6.45, 7) is 0. The zero-order valence-corrected chi connectivity index (χ0v) is 11.1. The summed E-state index contributed by atoms with van der Waals surface area (Å²) < 4.78 is 0. The van der Waals surface area contributed by atoms with E-state index in [1.165, 1.54) is 12.8 Å². The Bertz CT molecular complexity index is 382. The van der Waals surface area contributed by atoms with E-state index in [1.807, 2.05) is 36.2 Å². The van der Waals surface area contributed by atoms with Crippen LogP contribution in [-0.4, -0.2) is 23.9 Å². The maximum atomic E-state index is 12.1. The summed E-state index contributed by atoms with van der Waals surface area (Å²) in [6.07, 6.45) is 5.35. The summed E-state index contributed by atoms with van der Waals surface area (Å²) in [6, 6.07) is 8.28. The van der Waals surface area contributed by atoms with Gasteiger partial charge in [0.15, 0.2) is 0 Å². The zero-order chi connectivity index (χ0) is 12.3. The quantitative estimate of drug-likeness (QED) is 0.817. The number of rotatable bonds is 3. The van der Waals surface area contributed by atoms with Crippen molar-refractivity contribution in [1.29, 1.82) is 0 Å². The number of carbonyl (C=O) groups excluding carboxylic acids is 1. The minimum absolute atomic E-state index is 0.226. The Labute approximate surface area is 108 Å². The summed E-state index contributed by atoms with van der Waals surface area (Å²) in [5, 5.41) is 0. The van der Waals surface area contributed by atoms with Gasteiger partial charge in [-0.25, -0.2) is 0 Å². The summed E-state index contributed by atoms with van der Waals surface area (Å²) in [4.78, 5) is 15.0. The fourth-order valence-electron chi connectivity index (χ4n) is 2.41. The van der Waals surface area contributed by atoms with Gasteiger partial charge in [0.25, 0.3) is 0 Å². The van der Waals surface area contributed by atoms with Gasteiger partial charge in [-0.3, -0.25) is 4.79 Å². The van der Waals surface area contributed by atoms with Gasteiger partial charge in [-0.15, -0.1) is 12.6 Å². The zero-order valence-electron chi connectivity index (χ0n) is 10.2. The molecule has 1 fully saturated rings. The van der Waals surface area contributed by atoms with Crippen LogP contribution in [0.3, 0.4) is 0 Å². The number of hydrogen-bond donors (Lipinski definition) is 1. The van der Waals surface area contributed by atoms with Crippen LogP contribution in [0.15, 0.2) is 29.2 Å². The minimum Gasteiger partial charge on any atom is -0.342 e. The Morgan fingerprint density at radius 3 is 2.47 bits per heavy atom. The highest BCUT2D eigenvalue weighted by atomic mass is 32.1. The van der Waals surface area contributed by atoms with Crippen molar-refractivity contribution >= 4 is 18.5 Å². The molecule has 17 heavy (non-hydrogen) atoms. The molecular formula is C14H19NOS. The molecule has 0 saturated heterocycles. The van der Waals surface area contributed by atoms with E-state index in [9.17, 15) is 4.79 Å². The number of carbonyl (C=O) groups is 1. The second kappa shape index (κ2) is 5.58. The number of hydrogen-bond acceptors (Lipinski definition) is 2. The summed E-state index contributed by atoms with van der Waals surface area (Å²) >= 11 is 4.24. The van der Waals surface area contributed by atoms with E-state index < -0.39 is 0 Å². The molecule has 0 bridgehead atoms. The molecule has 1 saturated carbocycles. The first-order valence-corrected chi connectivity index (χ1v) is 6.65. The Morgan fingerprint density at radius 2 is 1.88 bits per heavy atom. The Kier molecular flexibility index (Phi) is 4.11. The van der Waals surface area contributed by atoms with Crippen molar-refractivity contribution in [3.8, 4) is 0 Å². The lowest BCUT2D eigenvalue weighted by Crippen LogP contribution is -2.36. The molecule has 92 valence electrons. The van der Waals surface area contributed by atoms with Crippen LogP contribution >= 0.6 is 12.6 Å². The van der Waals surface area contributed by atoms with Gasteiger partial charge < -0.3 is 4.90 Å². The van der Waals surface area contributed by atoms with Crippen molar-refractivity contribution in [2.75, 3.05) is 7.05 Å². The van der Waals surface area contributed by atoms with Crippen LogP contribution in [0.4, 0.5) is 0 Å². The van der Waals surface area contributed by atoms with Crippen LogP contribution in [0, 0.1) is 0 Å². The molecule has 0 radical (unpaired) electrons. The SMILES string of the molecule is CN(C(=O)Cc1ccc(S)cc1)C1CCCC1. The number of likely N-dealkylation sites (N-methyl/N-ethyl adjacent to an activating group) is 1. The van der Waals surface area contributed by atoms with Gasteiger partial charge in [-0.05, 0) is 30.5 Å². The molecule has 0 heterocycles. The van der Waals surface area contributed by atoms with Crippen molar-refractivity contribution < 1.29 is 4.79 Å². The number of amides is 1. The largest absolute Gasteiger partial charge is 0.342 e. The highest BCUT2D eigenvalue weighted by Crippen LogP contribution is 2.23. The lowest BCUT2D eigenvalue weighted by atomic mass is 10.1. The van der Waals surface area contributed by atoms with E-state index in [1.54, 1.807) is 0 Å². The molecule has 2 nitrogen and oxygen atoms in total. The van der Waals surface area contributed by atoms with Crippen LogP contribution in [0.5, 0.6) is 0 Å². The number of thiol groups is 1. The molecule has 0 atom stereocenters. The highest BCUT2D eigenvalue weighted by molar-refractivity contribution is 7.80. The molecule has 0 aliphatic heterocycles. The van der Waals surface area contributed by atoms with Crippen LogP contribution in [0.1, 0.15) is 31.2 Å². The Morgan fingerprint density at radius 1 is 1.29 bits per heavy atom. The van der Waals surface area contributed by atoms with E-state index in [2.05, 4.69) is 12.6 Å². The summed E-state index contributed by atoms with van der Waals surface area (Å²) in [5.74, 6) is 0.226. The van der Waals surface area contributed by atoms with Crippen molar-refractivity contribution in [1.82, 2.24) is 4.90 Å². The van der Waals surface area contributed by atoms with E-state index in [0.29, 0.717) is 12.5 Å². The van der Waals surface area contributed by atoms with Crippen LogP contribution in [0.2, 0.25) is 0 Å². The molecule has 0 spiro atoms. The van der Waals surface area contributed by atoms with Crippen molar-refractivity contribution in [3.63, 3.8) is 0 Å². The predicted molar refractivity (Wildman–Crippen MR) is 72.4 cm³/mol. The molecule has 3 heteroatoms.